The van der Waals surface area contributed by atoms with Crippen molar-refractivity contribution in [1.82, 2.24) is 0 Å². The quantitative estimate of drug-likeness (QED) is 0.688. The zero-order chi connectivity index (χ0) is 8.55. The molecule has 0 nitrogen and oxygen atoms in total. The molecule has 12 heavy (non-hydrogen) atoms. The lowest BCUT2D eigenvalue weighted by Gasteiger charge is -2.07. The Morgan fingerprint density at radius 2 is 1.25 bits per heavy atom. The first-order valence-electron chi connectivity index (χ1n) is 3.91. The van der Waals surface area contributed by atoms with Gasteiger partial charge in [-0.3, -0.25) is 0 Å². The summed E-state index contributed by atoms with van der Waals surface area (Å²) in [5, 5.41) is 2.66. The zero-order valence-electron chi connectivity index (χ0n) is 6.48. The highest BCUT2D eigenvalue weighted by Crippen LogP contribution is 2.22. The van der Waals surface area contributed by atoms with Crippen LogP contribution in [0.5, 0.6) is 0 Å². The van der Waals surface area contributed by atoms with E-state index in [9.17, 15) is 0 Å². The number of hydrogen-bond acceptors (Lipinski definition) is 0. The van der Waals surface area contributed by atoms with E-state index in [-0.39, 0.29) is 0 Å². The predicted molar refractivity (Wildman–Crippen MR) is 59.6 cm³/mol. The SMILES string of the molecule is BrC1=c2ccccc2=C(Br)CC1. The summed E-state index contributed by atoms with van der Waals surface area (Å²) in [5.41, 5.74) is 0. The van der Waals surface area contributed by atoms with E-state index in [4.69, 9.17) is 0 Å². The van der Waals surface area contributed by atoms with Crippen molar-refractivity contribution >= 4 is 40.8 Å². The fourth-order valence-electron chi connectivity index (χ4n) is 1.45. The summed E-state index contributed by atoms with van der Waals surface area (Å²) in [6, 6.07) is 8.46. The second kappa shape index (κ2) is 3.35. The molecular weight excluding hydrogens is 280 g/mol. The van der Waals surface area contributed by atoms with Crippen molar-refractivity contribution in [3.05, 3.63) is 34.7 Å². The maximum atomic E-state index is 3.60. The molecule has 2 rings (SSSR count). The topological polar surface area (TPSA) is 0 Å². The van der Waals surface area contributed by atoms with E-state index >= 15 is 0 Å². The van der Waals surface area contributed by atoms with Crippen LogP contribution in [-0.2, 0) is 0 Å². The number of benzene rings is 1. The molecular formula is C10H8Br2. The Kier molecular flexibility index (Phi) is 2.37. The summed E-state index contributed by atoms with van der Waals surface area (Å²) in [5.74, 6) is 0. The van der Waals surface area contributed by atoms with Crippen LogP contribution in [0.25, 0.3) is 8.96 Å². The Balaban J connectivity index is 2.95. The monoisotopic (exact) mass is 286 g/mol. The van der Waals surface area contributed by atoms with Crippen molar-refractivity contribution in [2.75, 3.05) is 0 Å². The van der Waals surface area contributed by atoms with Crippen LogP contribution in [0.4, 0.5) is 0 Å². The van der Waals surface area contributed by atoms with Crippen LogP contribution in [0.3, 0.4) is 0 Å². The molecule has 0 amide bonds. The second-order valence-electron chi connectivity index (χ2n) is 2.86. The fraction of sp³-hybridized carbons (Fsp3) is 0.200. The number of fused-ring (bicyclic) bond motifs is 1. The van der Waals surface area contributed by atoms with Gasteiger partial charge in [-0.05, 0) is 23.3 Å². The molecule has 0 fully saturated rings. The van der Waals surface area contributed by atoms with Crippen molar-refractivity contribution < 1.29 is 0 Å². The molecule has 0 heterocycles. The van der Waals surface area contributed by atoms with Gasteiger partial charge in [0.2, 0.25) is 0 Å². The lowest BCUT2D eigenvalue weighted by molar-refractivity contribution is 1.10. The van der Waals surface area contributed by atoms with Gasteiger partial charge in [0.25, 0.3) is 0 Å². The van der Waals surface area contributed by atoms with Crippen LogP contribution < -0.4 is 10.4 Å². The minimum atomic E-state index is 1.11. The third-order valence-corrected chi connectivity index (χ3v) is 3.72. The summed E-state index contributed by atoms with van der Waals surface area (Å²) in [6.07, 6.45) is 2.22. The highest BCUT2D eigenvalue weighted by Gasteiger charge is 2.05. The first kappa shape index (κ1) is 8.52. The van der Waals surface area contributed by atoms with Gasteiger partial charge in [-0.2, -0.15) is 0 Å². The third kappa shape index (κ3) is 1.38. The maximum Gasteiger partial charge on any atom is 0.00328 e. The largest absolute Gasteiger partial charge is 0.0616 e. The average Bonchev–Trinajstić information content (AvgIpc) is 2.12. The molecule has 0 aromatic heterocycles. The Morgan fingerprint density at radius 1 is 0.833 bits per heavy atom. The van der Waals surface area contributed by atoms with E-state index in [1.807, 2.05) is 0 Å². The lowest BCUT2D eigenvalue weighted by atomic mass is 10.1. The highest BCUT2D eigenvalue weighted by molar-refractivity contribution is 9.15. The zero-order valence-corrected chi connectivity index (χ0v) is 9.65. The van der Waals surface area contributed by atoms with Crippen molar-refractivity contribution in [1.29, 1.82) is 0 Å². The molecule has 1 aliphatic carbocycles. The predicted octanol–water partition coefficient (Wildman–Crippen LogP) is 2.49. The van der Waals surface area contributed by atoms with E-state index in [0.717, 1.165) is 12.8 Å². The Morgan fingerprint density at radius 3 is 1.67 bits per heavy atom. The molecule has 0 saturated heterocycles. The highest BCUT2D eigenvalue weighted by atomic mass is 79.9. The van der Waals surface area contributed by atoms with Crippen molar-refractivity contribution in [2.24, 2.45) is 0 Å². The molecule has 0 N–H and O–H groups in total. The summed E-state index contributed by atoms with van der Waals surface area (Å²) in [4.78, 5) is 0. The number of halogens is 2. The van der Waals surface area contributed by atoms with E-state index in [2.05, 4.69) is 56.1 Å². The van der Waals surface area contributed by atoms with Gasteiger partial charge in [0, 0.05) is 8.96 Å². The van der Waals surface area contributed by atoms with Gasteiger partial charge >= 0.3 is 0 Å². The number of rotatable bonds is 0. The first-order valence-corrected chi connectivity index (χ1v) is 5.50. The molecule has 2 heteroatoms. The molecule has 0 radical (unpaired) electrons. The van der Waals surface area contributed by atoms with Gasteiger partial charge in [-0.1, -0.05) is 56.1 Å². The molecule has 62 valence electrons. The second-order valence-corrected chi connectivity index (χ2v) is 4.77. The Hall–Kier alpha value is -0.0800. The molecule has 0 spiro atoms. The van der Waals surface area contributed by atoms with Crippen LogP contribution in [0.15, 0.2) is 24.3 Å². The summed E-state index contributed by atoms with van der Waals surface area (Å²) in [6.45, 7) is 0. The lowest BCUT2D eigenvalue weighted by Crippen LogP contribution is -2.29. The van der Waals surface area contributed by atoms with Gasteiger partial charge in [0.15, 0.2) is 0 Å². The summed E-state index contributed by atoms with van der Waals surface area (Å²) < 4.78 is 2.64. The number of hydrogen-bond donors (Lipinski definition) is 0. The molecule has 1 aromatic rings. The van der Waals surface area contributed by atoms with E-state index in [0.29, 0.717) is 0 Å². The van der Waals surface area contributed by atoms with Crippen LogP contribution in [0, 0.1) is 0 Å². The molecule has 0 atom stereocenters. The van der Waals surface area contributed by atoms with Gasteiger partial charge in [0.05, 0.1) is 0 Å². The van der Waals surface area contributed by atoms with Crippen LogP contribution in [0.1, 0.15) is 12.8 Å². The Bertz CT molecular complexity index is 377. The molecule has 0 unspecified atom stereocenters. The maximum absolute atomic E-state index is 3.60. The van der Waals surface area contributed by atoms with E-state index in [1.54, 1.807) is 0 Å². The van der Waals surface area contributed by atoms with Crippen LogP contribution in [-0.4, -0.2) is 0 Å². The van der Waals surface area contributed by atoms with Gasteiger partial charge in [0.1, 0.15) is 0 Å². The smallest absolute Gasteiger partial charge is 0.00328 e. The normalized spacial score (nSPS) is 16.2. The minimum absolute atomic E-state index is 1.11. The van der Waals surface area contributed by atoms with Gasteiger partial charge in [-0.25, -0.2) is 0 Å². The molecule has 0 bridgehead atoms. The summed E-state index contributed by atoms with van der Waals surface area (Å²) >= 11 is 7.19. The minimum Gasteiger partial charge on any atom is -0.0616 e. The van der Waals surface area contributed by atoms with E-state index < -0.39 is 0 Å². The molecule has 0 saturated carbocycles. The summed E-state index contributed by atoms with van der Waals surface area (Å²) in [7, 11) is 0. The molecule has 1 aromatic carbocycles. The van der Waals surface area contributed by atoms with E-state index in [1.165, 1.54) is 19.4 Å². The third-order valence-electron chi connectivity index (χ3n) is 2.08. The molecule has 0 aliphatic heterocycles. The van der Waals surface area contributed by atoms with Crippen LogP contribution >= 0.6 is 31.9 Å². The van der Waals surface area contributed by atoms with Crippen molar-refractivity contribution in [3.63, 3.8) is 0 Å². The van der Waals surface area contributed by atoms with Crippen molar-refractivity contribution in [2.45, 2.75) is 12.8 Å². The average molecular weight is 288 g/mol. The van der Waals surface area contributed by atoms with Crippen molar-refractivity contribution in [3.8, 4) is 0 Å². The Labute approximate surface area is 88.2 Å². The van der Waals surface area contributed by atoms with Gasteiger partial charge in [-0.15, -0.1) is 0 Å². The van der Waals surface area contributed by atoms with Gasteiger partial charge < -0.3 is 0 Å². The standard InChI is InChI=1S/C10H8Br2/c11-9-5-6-10(12)8-4-2-1-3-7(8)9/h1-4H,5-6H2. The first-order chi connectivity index (χ1) is 5.79. The fourth-order valence-corrected chi connectivity index (χ4v) is 2.53. The van der Waals surface area contributed by atoms with Crippen LogP contribution in [0.2, 0.25) is 0 Å². The molecule has 1 aliphatic rings.